The fraction of sp³-hybridized carbons (Fsp3) is 0.267. The molecular weight excluding hydrogens is 210 g/mol. The lowest BCUT2D eigenvalue weighted by atomic mass is 10.2. The molecule has 0 aliphatic carbocycles. The van der Waals surface area contributed by atoms with E-state index in [4.69, 9.17) is 4.74 Å². The molecule has 2 heteroatoms. The fourth-order valence-corrected chi connectivity index (χ4v) is 1.36. The van der Waals surface area contributed by atoms with Crippen LogP contribution in [0.1, 0.15) is 25.0 Å². The third-order valence-electron chi connectivity index (χ3n) is 2.12. The molecule has 0 N–H and O–H groups in total. The van der Waals surface area contributed by atoms with Crippen molar-refractivity contribution in [2.45, 2.75) is 27.4 Å². The van der Waals surface area contributed by atoms with Crippen LogP contribution in [0.15, 0.2) is 48.8 Å². The first kappa shape index (κ1) is 13.2. The van der Waals surface area contributed by atoms with Crippen LogP contribution in [0.4, 0.5) is 0 Å². The monoisotopic (exact) mass is 229 g/mol. The second-order valence-corrected chi connectivity index (χ2v) is 3.47. The van der Waals surface area contributed by atoms with E-state index >= 15 is 0 Å². The van der Waals surface area contributed by atoms with Crippen molar-refractivity contribution < 1.29 is 4.74 Å². The highest BCUT2D eigenvalue weighted by Crippen LogP contribution is 2.13. The van der Waals surface area contributed by atoms with Gasteiger partial charge in [0.2, 0.25) is 0 Å². The third kappa shape index (κ3) is 4.68. The number of nitrogens with zero attached hydrogens (tertiary/aromatic N) is 1. The number of ether oxygens (including phenoxy) is 1. The third-order valence-corrected chi connectivity index (χ3v) is 2.12. The molecule has 0 unspecified atom stereocenters. The molecule has 1 aromatic carbocycles. The summed E-state index contributed by atoms with van der Waals surface area (Å²) < 4.78 is 5.63. The SMILES string of the molecule is CC.Cc1cccc(OCc2cccnc2)c1. The van der Waals surface area contributed by atoms with E-state index in [1.807, 2.05) is 50.4 Å². The lowest BCUT2D eigenvalue weighted by Crippen LogP contribution is -1.95. The van der Waals surface area contributed by atoms with Crippen molar-refractivity contribution >= 4 is 0 Å². The molecule has 0 bridgehead atoms. The topological polar surface area (TPSA) is 22.1 Å². The van der Waals surface area contributed by atoms with Gasteiger partial charge in [-0.2, -0.15) is 0 Å². The van der Waals surface area contributed by atoms with Crippen LogP contribution in [0.5, 0.6) is 5.75 Å². The maximum Gasteiger partial charge on any atom is 0.120 e. The summed E-state index contributed by atoms with van der Waals surface area (Å²) in [7, 11) is 0. The molecule has 0 saturated carbocycles. The molecule has 90 valence electrons. The first-order valence-corrected chi connectivity index (χ1v) is 5.93. The summed E-state index contributed by atoms with van der Waals surface area (Å²) in [4.78, 5) is 4.03. The van der Waals surface area contributed by atoms with Crippen molar-refractivity contribution in [1.29, 1.82) is 0 Å². The summed E-state index contributed by atoms with van der Waals surface area (Å²) in [6.07, 6.45) is 3.58. The summed E-state index contributed by atoms with van der Waals surface area (Å²) in [5, 5.41) is 0. The van der Waals surface area contributed by atoms with Crippen LogP contribution in [0.25, 0.3) is 0 Å². The number of pyridine rings is 1. The molecule has 0 atom stereocenters. The van der Waals surface area contributed by atoms with Gasteiger partial charge in [-0.05, 0) is 30.7 Å². The van der Waals surface area contributed by atoms with Crippen molar-refractivity contribution in [3.63, 3.8) is 0 Å². The second kappa shape index (κ2) is 7.44. The summed E-state index contributed by atoms with van der Waals surface area (Å²) in [5.74, 6) is 0.902. The highest BCUT2D eigenvalue weighted by atomic mass is 16.5. The molecule has 1 heterocycles. The van der Waals surface area contributed by atoms with E-state index in [2.05, 4.69) is 18.0 Å². The van der Waals surface area contributed by atoms with Gasteiger partial charge >= 0.3 is 0 Å². The second-order valence-electron chi connectivity index (χ2n) is 3.47. The van der Waals surface area contributed by atoms with Gasteiger partial charge in [0.25, 0.3) is 0 Å². The molecule has 2 aromatic rings. The fourth-order valence-electron chi connectivity index (χ4n) is 1.36. The van der Waals surface area contributed by atoms with Crippen molar-refractivity contribution in [3.8, 4) is 5.75 Å². The number of hydrogen-bond donors (Lipinski definition) is 0. The van der Waals surface area contributed by atoms with E-state index in [9.17, 15) is 0 Å². The Balaban J connectivity index is 0.000000686. The highest BCUT2D eigenvalue weighted by Gasteiger charge is 1.95. The van der Waals surface area contributed by atoms with E-state index in [0.717, 1.165) is 11.3 Å². The Hall–Kier alpha value is -1.83. The van der Waals surface area contributed by atoms with Crippen LogP contribution in [0, 0.1) is 6.92 Å². The Kier molecular flexibility index (Phi) is 5.80. The van der Waals surface area contributed by atoms with Gasteiger partial charge in [-0.15, -0.1) is 0 Å². The van der Waals surface area contributed by atoms with E-state index in [0.29, 0.717) is 6.61 Å². The van der Waals surface area contributed by atoms with Crippen LogP contribution in [-0.2, 0) is 6.61 Å². The van der Waals surface area contributed by atoms with Crippen LogP contribution in [-0.4, -0.2) is 4.98 Å². The number of benzene rings is 1. The van der Waals surface area contributed by atoms with Gasteiger partial charge in [0.05, 0.1) is 0 Å². The minimum atomic E-state index is 0.567. The molecule has 1 aromatic heterocycles. The van der Waals surface area contributed by atoms with E-state index < -0.39 is 0 Å². The Bertz CT molecular complexity index is 426. The van der Waals surface area contributed by atoms with Crippen LogP contribution in [0.2, 0.25) is 0 Å². The average molecular weight is 229 g/mol. The summed E-state index contributed by atoms with van der Waals surface area (Å²) in [6.45, 7) is 6.62. The standard InChI is InChI=1S/C13H13NO.C2H6/c1-11-4-2-6-13(8-11)15-10-12-5-3-7-14-9-12;1-2/h2-9H,10H2,1H3;1-2H3. The lowest BCUT2D eigenvalue weighted by Gasteiger charge is -2.06. The predicted octanol–water partition coefficient (Wildman–Crippen LogP) is 4.00. The van der Waals surface area contributed by atoms with Gasteiger partial charge < -0.3 is 4.74 Å². The molecule has 0 spiro atoms. The lowest BCUT2D eigenvalue weighted by molar-refractivity contribution is 0.305. The van der Waals surface area contributed by atoms with Gasteiger partial charge in [0, 0.05) is 18.0 Å². The summed E-state index contributed by atoms with van der Waals surface area (Å²) in [6, 6.07) is 11.9. The van der Waals surface area contributed by atoms with Gasteiger partial charge in [-0.25, -0.2) is 0 Å². The molecule has 0 aliphatic rings. The number of aromatic nitrogens is 1. The molecule has 2 rings (SSSR count). The van der Waals surface area contributed by atoms with Crippen molar-refractivity contribution in [3.05, 3.63) is 59.9 Å². The maximum absolute atomic E-state index is 5.63. The zero-order valence-electron chi connectivity index (χ0n) is 10.7. The first-order valence-electron chi connectivity index (χ1n) is 5.93. The van der Waals surface area contributed by atoms with Crippen LogP contribution in [0.3, 0.4) is 0 Å². The minimum absolute atomic E-state index is 0.567. The highest BCUT2D eigenvalue weighted by molar-refractivity contribution is 5.27. The van der Waals surface area contributed by atoms with Crippen LogP contribution >= 0.6 is 0 Å². The molecule has 17 heavy (non-hydrogen) atoms. The predicted molar refractivity (Wildman–Crippen MR) is 71.1 cm³/mol. The average Bonchev–Trinajstić information content (AvgIpc) is 2.40. The van der Waals surface area contributed by atoms with E-state index in [1.165, 1.54) is 5.56 Å². The first-order chi connectivity index (χ1) is 8.34. The van der Waals surface area contributed by atoms with Gasteiger partial charge in [-0.3, -0.25) is 4.98 Å². The summed E-state index contributed by atoms with van der Waals surface area (Å²) in [5.41, 5.74) is 2.29. The Labute approximate surface area is 103 Å². The Morgan fingerprint density at radius 3 is 2.59 bits per heavy atom. The quantitative estimate of drug-likeness (QED) is 0.793. The van der Waals surface area contributed by atoms with Crippen molar-refractivity contribution in [2.75, 3.05) is 0 Å². The molecule has 0 aliphatic heterocycles. The number of aryl methyl sites for hydroxylation is 1. The maximum atomic E-state index is 5.63. The van der Waals surface area contributed by atoms with Gasteiger partial charge in [0.15, 0.2) is 0 Å². The van der Waals surface area contributed by atoms with Crippen LogP contribution < -0.4 is 4.74 Å². The zero-order chi connectivity index (χ0) is 12.5. The van der Waals surface area contributed by atoms with E-state index in [-0.39, 0.29) is 0 Å². The number of hydrogen-bond acceptors (Lipinski definition) is 2. The molecule has 0 fully saturated rings. The van der Waals surface area contributed by atoms with Gasteiger partial charge in [-0.1, -0.05) is 32.0 Å². The molecule has 2 nitrogen and oxygen atoms in total. The minimum Gasteiger partial charge on any atom is -0.489 e. The molecule has 0 amide bonds. The van der Waals surface area contributed by atoms with E-state index in [1.54, 1.807) is 6.20 Å². The molecule has 0 saturated heterocycles. The Morgan fingerprint density at radius 2 is 1.94 bits per heavy atom. The largest absolute Gasteiger partial charge is 0.489 e. The smallest absolute Gasteiger partial charge is 0.120 e. The normalized spacial score (nSPS) is 9.12. The molecular formula is C15H19NO. The zero-order valence-corrected chi connectivity index (χ0v) is 10.7. The van der Waals surface area contributed by atoms with Crippen molar-refractivity contribution in [1.82, 2.24) is 4.98 Å². The molecule has 0 radical (unpaired) electrons. The number of rotatable bonds is 3. The summed E-state index contributed by atoms with van der Waals surface area (Å²) >= 11 is 0. The van der Waals surface area contributed by atoms with Crippen molar-refractivity contribution in [2.24, 2.45) is 0 Å². The van der Waals surface area contributed by atoms with Gasteiger partial charge in [0.1, 0.15) is 12.4 Å². The Morgan fingerprint density at radius 1 is 1.12 bits per heavy atom.